The van der Waals surface area contributed by atoms with Gasteiger partial charge >= 0.3 is 0 Å². The summed E-state index contributed by atoms with van der Waals surface area (Å²) in [4.78, 5) is 25.2. The number of likely N-dealkylation sites (tertiary alicyclic amines) is 1. The van der Waals surface area contributed by atoms with Crippen LogP contribution in [0.1, 0.15) is 10.4 Å². The Morgan fingerprint density at radius 2 is 2.05 bits per heavy atom. The van der Waals surface area contributed by atoms with E-state index < -0.39 is 0 Å². The van der Waals surface area contributed by atoms with Crippen LogP contribution in [-0.2, 0) is 4.79 Å². The van der Waals surface area contributed by atoms with Crippen LogP contribution in [0.2, 0.25) is 0 Å². The molecule has 5 nitrogen and oxygen atoms in total. The number of aliphatic hydroxyl groups excluding tert-OH is 1. The standard InChI is InChI=1S/C13H15BrN2O3/c14-11-4-2-1-3-10(11)13(19)15-5-12(18)16-6-9(7-16)8-17/h1-4,9,17H,5-8H2,(H,15,19). The van der Waals surface area contributed by atoms with E-state index in [1.54, 1.807) is 23.1 Å². The summed E-state index contributed by atoms with van der Waals surface area (Å²) in [6.45, 7) is 1.23. The number of amides is 2. The summed E-state index contributed by atoms with van der Waals surface area (Å²) in [6.07, 6.45) is 0. The minimum absolute atomic E-state index is 0.0156. The molecule has 0 saturated carbocycles. The molecule has 19 heavy (non-hydrogen) atoms. The number of rotatable bonds is 4. The molecule has 2 amide bonds. The van der Waals surface area contributed by atoms with E-state index in [1.807, 2.05) is 6.07 Å². The van der Waals surface area contributed by atoms with Crippen molar-refractivity contribution in [2.75, 3.05) is 26.2 Å². The van der Waals surface area contributed by atoms with Gasteiger partial charge < -0.3 is 15.3 Å². The molecule has 0 aliphatic carbocycles. The topological polar surface area (TPSA) is 69.6 Å². The van der Waals surface area contributed by atoms with E-state index in [9.17, 15) is 9.59 Å². The van der Waals surface area contributed by atoms with Gasteiger partial charge in [0, 0.05) is 30.1 Å². The molecule has 1 aromatic carbocycles. The van der Waals surface area contributed by atoms with Crippen LogP contribution in [0, 0.1) is 5.92 Å². The van der Waals surface area contributed by atoms with Crippen molar-refractivity contribution in [2.24, 2.45) is 5.92 Å². The Labute approximate surface area is 119 Å². The third-order valence-corrected chi connectivity index (χ3v) is 3.78. The van der Waals surface area contributed by atoms with Crippen molar-refractivity contribution in [3.05, 3.63) is 34.3 Å². The maximum atomic E-state index is 11.9. The number of carbonyl (C=O) groups is 2. The number of halogens is 1. The molecule has 0 aromatic heterocycles. The lowest BCUT2D eigenvalue weighted by Gasteiger charge is -2.38. The van der Waals surface area contributed by atoms with Gasteiger partial charge in [0.1, 0.15) is 0 Å². The highest BCUT2D eigenvalue weighted by atomic mass is 79.9. The molecule has 0 bridgehead atoms. The first-order valence-electron chi connectivity index (χ1n) is 6.03. The second-order valence-electron chi connectivity index (χ2n) is 4.51. The van der Waals surface area contributed by atoms with Crippen LogP contribution in [0.4, 0.5) is 0 Å². The van der Waals surface area contributed by atoms with E-state index in [2.05, 4.69) is 21.2 Å². The van der Waals surface area contributed by atoms with Gasteiger partial charge in [0.15, 0.2) is 0 Å². The Morgan fingerprint density at radius 3 is 2.68 bits per heavy atom. The Kier molecular flexibility index (Phi) is 4.55. The summed E-state index contributed by atoms with van der Waals surface area (Å²) >= 11 is 3.29. The molecule has 2 N–H and O–H groups in total. The molecular weight excluding hydrogens is 312 g/mol. The summed E-state index contributed by atoms with van der Waals surface area (Å²) in [5.41, 5.74) is 0.507. The Balaban J connectivity index is 1.81. The zero-order valence-corrected chi connectivity index (χ0v) is 11.9. The van der Waals surface area contributed by atoms with Crippen LogP contribution in [0.15, 0.2) is 28.7 Å². The molecule has 102 valence electrons. The third-order valence-electron chi connectivity index (χ3n) is 3.09. The van der Waals surface area contributed by atoms with Crippen LogP contribution in [0.3, 0.4) is 0 Å². The lowest BCUT2D eigenvalue weighted by atomic mass is 10.0. The highest BCUT2D eigenvalue weighted by Gasteiger charge is 2.29. The van der Waals surface area contributed by atoms with Crippen LogP contribution in [0.5, 0.6) is 0 Å². The molecule has 1 aromatic rings. The monoisotopic (exact) mass is 326 g/mol. The second kappa shape index (κ2) is 6.16. The van der Waals surface area contributed by atoms with Crippen molar-refractivity contribution in [3.8, 4) is 0 Å². The second-order valence-corrected chi connectivity index (χ2v) is 5.36. The molecule has 6 heteroatoms. The van der Waals surface area contributed by atoms with E-state index >= 15 is 0 Å². The fraction of sp³-hybridized carbons (Fsp3) is 0.385. The van der Waals surface area contributed by atoms with E-state index in [0.717, 1.165) is 0 Å². The molecule has 1 aliphatic rings. The molecule has 1 aliphatic heterocycles. The van der Waals surface area contributed by atoms with Gasteiger partial charge in [-0.05, 0) is 28.1 Å². The summed E-state index contributed by atoms with van der Waals surface area (Å²) < 4.78 is 0.698. The number of aliphatic hydroxyl groups is 1. The number of nitrogens with one attached hydrogen (secondary N) is 1. The Hall–Kier alpha value is -1.40. The normalized spacial score (nSPS) is 14.9. The molecule has 0 atom stereocenters. The minimum atomic E-state index is -0.278. The average molecular weight is 327 g/mol. The maximum Gasteiger partial charge on any atom is 0.252 e. The van der Waals surface area contributed by atoms with Gasteiger partial charge in [-0.3, -0.25) is 9.59 Å². The van der Waals surface area contributed by atoms with E-state index in [1.165, 1.54) is 0 Å². The zero-order valence-electron chi connectivity index (χ0n) is 10.3. The van der Waals surface area contributed by atoms with E-state index in [4.69, 9.17) is 5.11 Å². The largest absolute Gasteiger partial charge is 0.396 e. The minimum Gasteiger partial charge on any atom is -0.396 e. The molecule has 1 heterocycles. The van der Waals surface area contributed by atoms with Crippen molar-refractivity contribution >= 4 is 27.7 Å². The number of carbonyl (C=O) groups excluding carboxylic acids is 2. The zero-order chi connectivity index (χ0) is 13.8. The first-order valence-corrected chi connectivity index (χ1v) is 6.82. The van der Waals surface area contributed by atoms with Crippen LogP contribution in [-0.4, -0.2) is 48.1 Å². The predicted octanol–water partition coefficient (Wildman–Crippen LogP) is 0.630. The van der Waals surface area contributed by atoms with Crippen LogP contribution < -0.4 is 5.32 Å². The molecule has 0 unspecified atom stereocenters. The molecular formula is C13H15BrN2O3. The number of hydrogen-bond acceptors (Lipinski definition) is 3. The highest BCUT2D eigenvalue weighted by Crippen LogP contribution is 2.16. The molecule has 0 radical (unpaired) electrons. The molecule has 1 fully saturated rings. The summed E-state index contributed by atoms with van der Waals surface area (Å²) in [7, 11) is 0. The smallest absolute Gasteiger partial charge is 0.252 e. The van der Waals surface area contributed by atoms with Crippen molar-refractivity contribution in [2.45, 2.75) is 0 Å². The SMILES string of the molecule is O=C(NCC(=O)N1CC(CO)C1)c1ccccc1Br. The number of hydrogen-bond donors (Lipinski definition) is 2. The highest BCUT2D eigenvalue weighted by molar-refractivity contribution is 9.10. The fourth-order valence-electron chi connectivity index (χ4n) is 1.90. The van der Waals surface area contributed by atoms with Gasteiger partial charge in [0.25, 0.3) is 5.91 Å². The Morgan fingerprint density at radius 1 is 1.37 bits per heavy atom. The van der Waals surface area contributed by atoms with Crippen molar-refractivity contribution in [3.63, 3.8) is 0 Å². The number of nitrogens with zero attached hydrogens (tertiary/aromatic N) is 1. The van der Waals surface area contributed by atoms with Gasteiger partial charge in [0.05, 0.1) is 12.1 Å². The summed E-state index contributed by atoms with van der Waals surface area (Å²) in [5.74, 6) is -0.215. The summed E-state index contributed by atoms with van der Waals surface area (Å²) in [5, 5.41) is 11.5. The summed E-state index contributed by atoms with van der Waals surface area (Å²) in [6, 6.07) is 7.05. The quantitative estimate of drug-likeness (QED) is 0.852. The van der Waals surface area contributed by atoms with Gasteiger partial charge in [0.2, 0.25) is 5.91 Å². The lowest BCUT2D eigenvalue weighted by molar-refractivity contribution is -0.137. The first kappa shape index (κ1) is 14.0. The van der Waals surface area contributed by atoms with Gasteiger partial charge in [-0.2, -0.15) is 0 Å². The molecule has 1 saturated heterocycles. The van der Waals surface area contributed by atoms with Gasteiger partial charge in [-0.25, -0.2) is 0 Å². The first-order chi connectivity index (χ1) is 9.11. The third kappa shape index (κ3) is 3.33. The van der Waals surface area contributed by atoms with Crippen LogP contribution in [0.25, 0.3) is 0 Å². The van der Waals surface area contributed by atoms with Gasteiger partial charge in [-0.15, -0.1) is 0 Å². The lowest BCUT2D eigenvalue weighted by Crippen LogP contribution is -2.54. The van der Waals surface area contributed by atoms with E-state index in [0.29, 0.717) is 23.1 Å². The fourth-order valence-corrected chi connectivity index (χ4v) is 2.36. The maximum absolute atomic E-state index is 11.9. The predicted molar refractivity (Wildman–Crippen MR) is 73.6 cm³/mol. The van der Waals surface area contributed by atoms with Gasteiger partial charge in [-0.1, -0.05) is 12.1 Å². The molecule has 0 spiro atoms. The van der Waals surface area contributed by atoms with E-state index in [-0.39, 0.29) is 30.9 Å². The average Bonchev–Trinajstić information content (AvgIpc) is 2.35. The molecule has 2 rings (SSSR count). The van der Waals surface area contributed by atoms with Crippen molar-refractivity contribution in [1.82, 2.24) is 10.2 Å². The Bertz CT molecular complexity index is 487. The number of benzene rings is 1. The van der Waals surface area contributed by atoms with Crippen LogP contribution >= 0.6 is 15.9 Å². The van der Waals surface area contributed by atoms with Crippen molar-refractivity contribution < 1.29 is 14.7 Å². The van der Waals surface area contributed by atoms with Crippen molar-refractivity contribution in [1.29, 1.82) is 0 Å².